The molecule has 0 amide bonds. The zero-order chi connectivity index (χ0) is 21.4. The standard InChI is InChI=1S/C24H23N5O2/c1-17-13-24(20-14-19(29(30)31)7-8-21(20)26-17)27-12-10-23-22(15-27)25-16-28(23)11-9-18-5-3-2-4-6-18/h2-8,13-14,16H,9-12,15H2,1H3. The van der Waals surface area contributed by atoms with Crippen molar-refractivity contribution in [2.24, 2.45) is 0 Å². The normalized spacial score (nSPS) is 13.4. The van der Waals surface area contributed by atoms with E-state index in [2.05, 4.69) is 38.7 Å². The molecule has 2 aromatic carbocycles. The van der Waals surface area contributed by atoms with E-state index in [1.54, 1.807) is 12.1 Å². The van der Waals surface area contributed by atoms with Gasteiger partial charge in [0.15, 0.2) is 0 Å². The van der Waals surface area contributed by atoms with Crippen molar-refractivity contribution >= 4 is 22.3 Å². The van der Waals surface area contributed by atoms with Crippen molar-refractivity contribution in [3.05, 3.63) is 93.7 Å². The van der Waals surface area contributed by atoms with Crippen LogP contribution in [0.2, 0.25) is 0 Å². The van der Waals surface area contributed by atoms with Gasteiger partial charge in [-0.05, 0) is 31.0 Å². The fraction of sp³-hybridized carbons (Fsp3) is 0.250. The van der Waals surface area contributed by atoms with Gasteiger partial charge in [-0.1, -0.05) is 30.3 Å². The Kier molecular flexibility index (Phi) is 4.86. The molecule has 0 spiro atoms. The number of rotatable bonds is 5. The number of pyridine rings is 1. The molecule has 0 radical (unpaired) electrons. The number of aromatic nitrogens is 3. The molecule has 0 N–H and O–H groups in total. The zero-order valence-electron chi connectivity index (χ0n) is 17.4. The third-order valence-electron chi connectivity index (χ3n) is 5.93. The van der Waals surface area contributed by atoms with Crippen LogP contribution in [0.3, 0.4) is 0 Å². The number of nitrogens with zero attached hydrogens (tertiary/aromatic N) is 5. The van der Waals surface area contributed by atoms with Crippen LogP contribution in [0.15, 0.2) is 60.9 Å². The van der Waals surface area contributed by atoms with Gasteiger partial charge in [0.2, 0.25) is 0 Å². The Hall–Kier alpha value is -3.74. The maximum absolute atomic E-state index is 11.3. The number of nitro groups is 1. The lowest BCUT2D eigenvalue weighted by Crippen LogP contribution is -2.31. The topological polar surface area (TPSA) is 77.1 Å². The number of aryl methyl sites for hydroxylation is 3. The van der Waals surface area contributed by atoms with Crippen molar-refractivity contribution in [3.8, 4) is 0 Å². The van der Waals surface area contributed by atoms with Crippen molar-refractivity contribution in [3.63, 3.8) is 0 Å². The molecule has 3 heterocycles. The van der Waals surface area contributed by atoms with Gasteiger partial charge in [0.25, 0.3) is 5.69 Å². The summed E-state index contributed by atoms with van der Waals surface area (Å²) in [5.74, 6) is 0. The van der Waals surface area contributed by atoms with Gasteiger partial charge in [-0.25, -0.2) is 4.98 Å². The number of hydrogen-bond donors (Lipinski definition) is 0. The predicted octanol–water partition coefficient (Wildman–Crippen LogP) is 4.45. The van der Waals surface area contributed by atoms with E-state index in [1.807, 2.05) is 25.4 Å². The van der Waals surface area contributed by atoms with E-state index in [4.69, 9.17) is 4.98 Å². The van der Waals surface area contributed by atoms with Gasteiger partial charge < -0.3 is 9.47 Å². The number of non-ortho nitro benzene ring substituents is 1. The van der Waals surface area contributed by atoms with Crippen molar-refractivity contribution in [1.29, 1.82) is 0 Å². The minimum Gasteiger partial charge on any atom is -0.365 e. The van der Waals surface area contributed by atoms with Crippen molar-refractivity contribution in [2.45, 2.75) is 32.9 Å². The van der Waals surface area contributed by atoms with E-state index in [9.17, 15) is 10.1 Å². The summed E-state index contributed by atoms with van der Waals surface area (Å²) in [6, 6.07) is 17.4. The fourth-order valence-corrected chi connectivity index (χ4v) is 4.36. The second-order valence-corrected chi connectivity index (χ2v) is 7.98. The van der Waals surface area contributed by atoms with E-state index >= 15 is 0 Å². The third kappa shape index (κ3) is 3.74. The lowest BCUT2D eigenvalue weighted by molar-refractivity contribution is -0.384. The van der Waals surface area contributed by atoms with Crippen LogP contribution in [0.1, 0.15) is 22.6 Å². The highest BCUT2D eigenvalue weighted by atomic mass is 16.6. The quantitative estimate of drug-likeness (QED) is 0.357. The SMILES string of the molecule is Cc1cc(N2CCc3c(ncn3CCc3ccccc3)C2)c2cc([N+](=O)[O-])ccc2n1. The number of hydrogen-bond acceptors (Lipinski definition) is 5. The number of benzene rings is 2. The monoisotopic (exact) mass is 413 g/mol. The summed E-state index contributed by atoms with van der Waals surface area (Å²) in [5.41, 5.74) is 6.43. The highest BCUT2D eigenvalue weighted by molar-refractivity contribution is 5.93. The zero-order valence-corrected chi connectivity index (χ0v) is 17.4. The van der Waals surface area contributed by atoms with Crippen LogP contribution < -0.4 is 4.90 Å². The van der Waals surface area contributed by atoms with Gasteiger partial charge in [0, 0.05) is 54.1 Å². The number of anilines is 1. The summed E-state index contributed by atoms with van der Waals surface area (Å²) in [6.07, 6.45) is 3.81. The molecule has 2 aromatic heterocycles. The molecule has 0 unspecified atom stereocenters. The molecule has 156 valence electrons. The molecule has 7 heteroatoms. The van der Waals surface area contributed by atoms with Gasteiger partial charge in [0.05, 0.1) is 29.0 Å². The molecule has 0 bridgehead atoms. The van der Waals surface area contributed by atoms with E-state index in [0.717, 1.165) is 53.9 Å². The lowest BCUT2D eigenvalue weighted by Gasteiger charge is -2.30. The maximum atomic E-state index is 11.3. The van der Waals surface area contributed by atoms with Crippen LogP contribution in [0.4, 0.5) is 11.4 Å². The summed E-state index contributed by atoms with van der Waals surface area (Å²) in [5, 5.41) is 12.1. The molecule has 0 atom stereocenters. The summed E-state index contributed by atoms with van der Waals surface area (Å²) in [7, 11) is 0. The van der Waals surface area contributed by atoms with Gasteiger partial charge >= 0.3 is 0 Å². The average Bonchev–Trinajstić information content (AvgIpc) is 3.19. The van der Waals surface area contributed by atoms with Crippen LogP contribution in [-0.4, -0.2) is 26.0 Å². The van der Waals surface area contributed by atoms with E-state index in [0.29, 0.717) is 6.54 Å². The van der Waals surface area contributed by atoms with Crippen LogP contribution >= 0.6 is 0 Å². The van der Waals surface area contributed by atoms with E-state index < -0.39 is 0 Å². The molecule has 4 aromatic rings. The summed E-state index contributed by atoms with van der Waals surface area (Å²) < 4.78 is 2.26. The van der Waals surface area contributed by atoms with Gasteiger partial charge in [-0.3, -0.25) is 15.1 Å². The first-order valence-electron chi connectivity index (χ1n) is 10.5. The Morgan fingerprint density at radius 3 is 2.77 bits per heavy atom. The molecule has 0 aliphatic carbocycles. The Balaban J connectivity index is 1.42. The van der Waals surface area contributed by atoms with Crippen molar-refractivity contribution < 1.29 is 4.92 Å². The van der Waals surface area contributed by atoms with Gasteiger partial charge in [0.1, 0.15) is 0 Å². The number of nitro benzene ring substituents is 1. The van der Waals surface area contributed by atoms with Crippen molar-refractivity contribution in [2.75, 3.05) is 11.4 Å². The molecule has 0 fully saturated rings. The molecular weight excluding hydrogens is 390 g/mol. The number of fused-ring (bicyclic) bond motifs is 2. The van der Waals surface area contributed by atoms with Crippen molar-refractivity contribution in [1.82, 2.24) is 14.5 Å². The maximum Gasteiger partial charge on any atom is 0.270 e. The Morgan fingerprint density at radius 1 is 1.13 bits per heavy atom. The van der Waals surface area contributed by atoms with Crippen LogP contribution in [-0.2, 0) is 25.9 Å². The van der Waals surface area contributed by atoms with E-state index in [-0.39, 0.29) is 10.6 Å². The van der Waals surface area contributed by atoms with Crippen LogP contribution in [0.25, 0.3) is 10.9 Å². The Morgan fingerprint density at radius 2 is 1.97 bits per heavy atom. The van der Waals surface area contributed by atoms with Crippen LogP contribution in [0, 0.1) is 17.0 Å². The van der Waals surface area contributed by atoms with Gasteiger partial charge in [-0.2, -0.15) is 0 Å². The highest BCUT2D eigenvalue weighted by Gasteiger charge is 2.23. The molecular formula is C24H23N5O2. The molecule has 31 heavy (non-hydrogen) atoms. The largest absolute Gasteiger partial charge is 0.365 e. The molecule has 1 aliphatic rings. The summed E-state index contributed by atoms with van der Waals surface area (Å²) >= 11 is 0. The first-order chi connectivity index (χ1) is 15.1. The first kappa shape index (κ1) is 19.2. The molecule has 0 saturated heterocycles. The van der Waals surface area contributed by atoms with Crippen LogP contribution in [0.5, 0.6) is 0 Å². The minimum absolute atomic E-state index is 0.0855. The smallest absolute Gasteiger partial charge is 0.270 e. The molecule has 0 saturated carbocycles. The lowest BCUT2D eigenvalue weighted by atomic mass is 10.1. The predicted molar refractivity (Wildman–Crippen MR) is 120 cm³/mol. The number of imidazole rings is 1. The second-order valence-electron chi connectivity index (χ2n) is 7.98. The second kappa shape index (κ2) is 7.83. The van der Waals surface area contributed by atoms with E-state index in [1.165, 1.54) is 17.3 Å². The highest BCUT2D eigenvalue weighted by Crippen LogP contribution is 2.33. The third-order valence-corrected chi connectivity index (χ3v) is 5.93. The molecule has 1 aliphatic heterocycles. The van der Waals surface area contributed by atoms with Gasteiger partial charge in [-0.15, -0.1) is 0 Å². The summed E-state index contributed by atoms with van der Waals surface area (Å²) in [4.78, 5) is 22.4. The molecule has 5 rings (SSSR count). The first-order valence-corrected chi connectivity index (χ1v) is 10.5. The fourth-order valence-electron chi connectivity index (χ4n) is 4.36. The Bertz CT molecular complexity index is 1270. The molecule has 7 nitrogen and oxygen atoms in total. The minimum atomic E-state index is -0.355. The Labute approximate surface area is 180 Å². The summed E-state index contributed by atoms with van der Waals surface area (Å²) in [6.45, 7) is 4.40. The average molecular weight is 413 g/mol.